The number of carboxylic acids is 1. The van der Waals surface area contributed by atoms with Crippen LogP contribution in [0.2, 0.25) is 0 Å². The molecule has 0 unspecified atom stereocenters. The number of carboxylic acid groups (broad SMARTS) is 1. The van der Waals surface area contributed by atoms with E-state index in [1.54, 1.807) is 12.2 Å². The van der Waals surface area contributed by atoms with Crippen LogP contribution in [-0.2, 0) is 19.1 Å². The summed E-state index contributed by atoms with van der Waals surface area (Å²) in [6, 6.07) is 0. The minimum atomic E-state index is -1.52. The second kappa shape index (κ2) is 6.50. The number of fused-ring (bicyclic) bond motifs is 7. The van der Waals surface area contributed by atoms with E-state index >= 15 is 0 Å². The number of aliphatic hydroxyl groups excluding tert-OH is 1. The number of carbonyl (C=O) groups is 2. The first-order valence-electron chi connectivity index (χ1n) is 11.3. The molecule has 164 valence electrons. The van der Waals surface area contributed by atoms with Gasteiger partial charge < -0.3 is 24.5 Å². The molecule has 0 spiro atoms. The number of carbonyl (C=O) groups excluding carboxylic acids is 2. The highest BCUT2D eigenvalue weighted by Crippen LogP contribution is 2.69. The van der Waals surface area contributed by atoms with E-state index < -0.39 is 35.5 Å². The van der Waals surface area contributed by atoms with Gasteiger partial charge in [-0.25, -0.2) is 0 Å². The maximum absolute atomic E-state index is 12.6. The highest BCUT2D eigenvalue weighted by Gasteiger charge is 2.74. The van der Waals surface area contributed by atoms with Gasteiger partial charge in [-0.05, 0) is 56.1 Å². The highest BCUT2D eigenvalue weighted by atomic mass is 16.7. The zero-order valence-corrected chi connectivity index (χ0v) is 17.9. The molecule has 6 nitrogen and oxygen atoms in total. The van der Waals surface area contributed by atoms with Gasteiger partial charge in [-0.2, -0.15) is 0 Å². The summed E-state index contributed by atoms with van der Waals surface area (Å²) in [5, 5.41) is 24.0. The van der Waals surface area contributed by atoms with E-state index in [-0.39, 0.29) is 29.0 Å². The van der Waals surface area contributed by atoms with Crippen LogP contribution >= 0.6 is 0 Å². The fourth-order valence-corrected chi connectivity index (χ4v) is 7.85. The third-order valence-electron chi connectivity index (χ3n) is 9.12. The maximum atomic E-state index is 12.6. The second-order valence-electron chi connectivity index (χ2n) is 10.4. The van der Waals surface area contributed by atoms with Gasteiger partial charge in [0.2, 0.25) is 0 Å². The topological polar surface area (TPSA) is 95.9 Å². The molecule has 6 heteroatoms. The van der Waals surface area contributed by atoms with Crippen molar-refractivity contribution in [3.63, 3.8) is 0 Å². The Bertz CT molecular complexity index is 847. The lowest BCUT2D eigenvalue weighted by molar-refractivity contribution is -0.337. The second-order valence-corrected chi connectivity index (χ2v) is 10.4. The number of hydrogen-bond acceptors (Lipinski definition) is 6. The summed E-state index contributed by atoms with van der Waals surface area (Å²) < 4.78 is 12.3. The molecule has 1 N–H and O–H groups in total. The average molecular weight is 416 g/mol. The van der Waals surface area contributed by atoms with E-state index in [1.165, 1.54) is 0 Å². The Morgan fingerprint density at radius 1 is 1.37 bits per heavy atom. The zero-order chi connectivity index (χ0) is 21.5. The monoisotopic (exact) mass is 415 g/mol. The average Bonchev–Trinajstić information content (AvgIpc) is 3.15. The van der Waals surface area contributed by atoms with Crippen molar-refractivity contribution in [2.45, 2.75) is 83.4 Å². The molecule has 1 saturated heterocycles. The van der Waals surface area contributed by atoms with Gasteiger partial charge in [0, 0.05) is 16.7 Å². The first-order chi connectivity index (χ1) is 14.2. The lowest BCUT2D eigenvalue weighted by Crippen LogP contribution is -2.66. The third kappa shape index (κ3) is 2.36. The predicted molar refractivity (Wildman–Crippen MR) is 106 cm³/mol. The van der Waals surface area contributed by atoms with Crippen LogP contribution in [0.25, 0.3) is 0 Å². The predicted octanol–water partition coefficient (Wildman–Crippen LogP) is 1.91. The minimum Gasteiger partial charge on any atom is -0.547 e. The first kappa shape index (κ1) is 20.4. The summed E-state index contributed by atoms with van der Waals surface area (Å²) in [4.78, 5) is 24.5. The fraction of sp³-hybridized carbons (Fsp3) is 0.750. The van der Waals surface area contributed by atoms with Crippen molar-refractivity contribution in [2.75, 3.05) is 0 Å². The molecule has 3 saturated carbocycles. The van der Waals surface area contributed by atoms with Crippen molar-refractivity contribution in [3.05, 3.63) is 23.8 Å². The third-order valence-corrected chi connectivity index (χ3v) is 9.12. The van der Waals surface area contributed by atoms with Gasteiger partial charge in [0.25, 0.3) is 0 Å². The van der Waals surface area contributed by atoms with Crippen LogP contribution in [-0.4, -0.2) is 41.0 Å². The SMILES string of the molecule is CCC[C@H]1O[C@@H]2C[C@@H]3[C@@H]4CCC5=CC(=O)C=C[C@]5(C)[C@@H]4[C@H](O)C[C@]3(C)[C@]2(C(=O)[O-])O1. The van der Waals surface area contributed by atoms with Crippen molar-refractivity contribution < 1.29 is 29.3 Å². The van der Waals surface area contributed by atoms with Gasteiger partial charge in [0.05, 0.1) is 18.2 Å². The number of aliphatic carboxylic acids is 1. The molecule has 0 aromatic heterocycles. The van der Waals surface area contributed by atoms with Crippen LogP contribution in [0.15, 0.2) is 23.8 Å². The van der Waals surface area contributed by atoms with Crippen molar-refractivity contribution in [1.82, 2.24) is 0 Å². The molecule has 0 bridgehead atoms. The van der Waals surface area contributed by atoms with Gasteiger partial charge in [-0.15, -0.1) is 0 Å². The Labute approximate surface area is 177 Å². The smallest absolute Gasteiger partial charge is 0.178 e. The molecule has 0 amide bonds. The Morgan fingerprint density at radius 3 is 2.83 bits per heavy atom. The number of ether oxygens (including phenoxy) is 2. The van der Waals surface area contributed by atoms with E-state index in [1.807, 2.05) is 19.9 Å². The van der Waals surface area contributed by atoms with Crippen LogP contribution in [0.4, 0.5) is 0 Å². The Kier molecular flexibility index (Phi) is 4.42. The fourth-order valence-electron chi connectivity index (χ4n) is 7.85. The molecule has 4 fully saturated rings. The van der Waals surface area contributed by atoms with Gasteiger partial charge in [0.15, 0.2) is 12.1 Å². The van der Waals surface area contributed by atoms with Crippen molar-refractivity contribution in [3.8, 4) is 0 Å². The number of hydrogen-bond donors (Lipinski definition) is 1. The molecule has 9 atom stereocenters. The normalized spacial score (nSPS) is 51.6. The number of allylic oxidation sites excluding steroid dienone is 4. The quantitative estimate of drug-likeness (QED) is 0.756. The van der Waals surface area contributed by atoms with Crippen molar-refractivity contribution >= 4 is 11.8 Å². The Hall–Kier alpha value is -1.50. The summed E-state index contributed by atoms with van der Waals surface area (Å²) >= 11 is 0. The van der Waals surface area contributed by atoms with Gasteiger partial charge in [0.1, 0.15) is 5.60 Å². The molecule has 1 heterocycles. The molecular formula is C24H31O6-. The lowest BCUT2D eigenvalue weighted by atomic mass is 9.46. The standard InChI is InChI=1S/C24H32O6/c1-4-5-19-29-18-11-16-15-7-6-13-10-14(25)8-9-22(13,2)20(15)17(26)12-23(16,3)24(18,30-19)21(27)28/h8-10,15-20,26H,4-7,11-12H2,1-3H3,(H,27,28)/p-1/t15-,16+,17+,18+,19-,20-,22-,23-,24-/m0/s1. The molecule has 30 heavy (non-hydrogen) atoms. The summed E-state index contributed by atoms with van der Waals surface area (Å²) in [7, 11) is 0. The van der Waals surface area contributed by atoms with Gasteiger partial charge >= 0.3 is 0 Å². The largest absolute Gasteiger partial charge is 0.547 e. The first-order valence-corrected chi connectivity index (χ1v) is 11.3. The molecule has 5 aliphatic rings. The maximum Gasteiger partial charge on any atom is 0.178 e. The summed E-state index contributed by atoms with van der Waals surface area (Å²) in [6.07, 6.45) is 7.57. The van der Waals surface area contributed by atoms with Crippen LogP contribution in [0.1, 0.15) is 59.3 Å². The molecule has 4 aliphatic carbocycles. The molecule has 0 aromatic carbocycles. The zero-order valence-electron chi connectivity index (χ0n) is 17.9. The van der Waals surface area contributed by atoms with Gasteiger partial charge in [-0.3, -0.25) is 4.79 Å². The Morgan fingerprint density at radius 2 is 2.13 bits per heavy atom. The number of ketones is 1. The lowest BCUT2D eigenvalue weighted by Gasteiger charge is -2.60. The van der Waals surface area contributed by atoms with Gasteiger partial charge in [-0.1, -0.05) is 38.8 Å². The molecule has 0 radical (unpaired) electrons. The van der Waals surface area contributed by atoms with Crippen LogP contribution in [0, 0.1) is 28.6 Å². The highest BCUT2D eigenvalue weighted by molar-refractivity contribution is 6.01. The van der Waals surface area contributed by atoms with E-state index in [0.29, 0.717) is 19.3 Å². The van der Waals surface area contributed by atoms with E-state index in [2.05, 4.69) is 6.92 Å². The molecular weight excluding hydrogens is 384 g/mol. The van der Waals surface area contributed by atoms with E-state index in [9.17, 15) is 19.8 Å². The van der Waals surface area contributed by atoms with Crippen molar-refractivity contribution in [2.24, 2.45) is 28.6 Å². The van der Waals surface area contributed by atoms with E-state index in [0.717, 1.165) is 24.8 Å². The summed E-state index contributed by atoms with van der Waals surface area (Å²) in [5.74, 6) is -1.07. The van der Waals surface area contributed by atoms with E-state index in [4.69, 9.17) is 9.47 Å². The van der Waals surface area contributed by atoms with Crippen LogP contribution in [0.3, 0.4) is 0 Å². The van der Waals surface area contributed by atoms with Crippen LogP contribution in [0.5, 0.6) is 0 Å². The molecule has 1 aliphatic heterocycles. The molecule has 0 aromatic rings. The Balaban J connectivity index is 1.55. The molecule has 5 rings (SSSR count). The number of rotatable bonds is 3. The minimum absolute atomic E-state index is 0.00568. The van der Waals surface area contributed by atoms with Crippen molar-refractivity contribution in [1.29, 1.82) is 0 Å². The summed E-state index contributed by atoms with van der Waals surface area (Å²) in [5.41, 5.74) is -1.57. The number of aliphatic hydroxyl groups is 1. The van der Waals surface area contributed by atoms with Crippen LogP contribution < -0.4 is 5.11 Å². The summed E-state index contributed by atoms with van der Waals surface area (Å²) in [6.45, 7) is 6.08.